The van der Waals surface area contributed by atoms with E-state index in [-0.39, 0.29) is 18.0 Å². The molecule has 2 N–H and O–H groups in total. The molecule has 0 aliphatic rings. The highest BCUT2D eigenvalue weighted by atomic mass is 19.1. The molecule has 5 heteroatoms. The Bertz CT molecular complexity index is 554. The van der Waals surface area contributed by atoms with E-state index < -0.39 is 0 Å². The standard InChI is InChI=1S/C15H21FN4/c1-15(2,3)12(8-16)9-20-10-14(18-19-20)11-4-6-13(17)7-5-11/h4-7,10,12H,8-9,17H2,1-3H3. The van der Waals surface area contributed by atoms with Crippen molar-refractivity contribution in [1.29, 1.82) is 0 Å². The third-order valence-electron chi connectivity index (χ3n) is 3.56. The normalized spacial score (nSPS) is 13.4. The number of halogens is 1. The van der Waals surface area contributed by atoms with Gasteiger partial charge in [-0.3, -0.25) is 9.07 Å². The summed E-state index contributed by atoms with van der Waals surface area (Å²) in [5.41, 5.74) is 8.01. The lowest BCUT2D eigenvalue weighted by Crippen LogP contribution is -2.27. The summed E-state index contributed by atoms with van der Waals surface area (Å²) >= 11 is 0. The average molecular weight is 276 g/mol. The largest absolute Gasteiger partial charge is 0.399 e. The lowest BCUT2D eigenvalue weighted by atomic mass is 9.81. The number of nitrogen functional groups attached to an aromatic ring is 1. The predicted octanol–water partition coefficient (Wildman–Crippen LogP) is 3.16. The van der Waals surface area contributed by atoms with Gasteiger partial charge >= 0.3 is 0 Å². The van der Waals surface area contributed by atoms with E-state index in [1.165, 1.54) is 0 Å². The highest BCUT2D eigenvalue weighted by Crippen LogP contribution is 2.28. The van der Waals surface area contributed by atoms with Gasteiger partial charge in [0.2, 0.25) is 0 Å². The first kappa shape index (κ1) is 14.5. The first-order valence-electron chi connectivity index (χ1n) is 6.72. The van der Waals surface area contributed by atoms with Crippen molar-refractivity contribution in [2.75, 3.05) is 12.4 Å². The van der Waals surface area contributed by atoms with Crippen molar-refractivity contribution < 1.29 is 4.39 Å². The van der Waals surface area contributed by atoms with E-state index >= 15 is 0 Å². The summed E-state index contributed by atoms with van der Waals surface area (Å²) in [5.74, 6) is -0.0801. The minimum absolute atomic E-state index is 0.0801. The lowest BCUT2D eigenvalue weighted by Gasteiger charge is -2.27. The number of nitrogens with zero attached hydrogens (tertiary/aromatic N) is 3. The number of hydrogen-bond acceptors (Lipinski definition) is 3. The Morgan fingerprint density at radius 3 is 2.45 bits per heavy atom. The molecule has 1 aromatic heterocycles. The van der Waals surface area contributed by atoms with Crippen LogP contribution >= 0.6 is 0 Å². The summed E-state index contributed by atoms with van der Waals surface area (Å²) in [6.07, 6.45) is 1.85. The van der Waals surface area contributed by atoms with Gasteiger partial charge in [-0.15, -0.1) is 5.10 Å². The second-order valence-electron chi connectivity index (χ2n) is 6.17. The molecule has 0 amide bonds. The van der Waals surface area contributed by atoms with Crippen molar-refractivity contribution in [2.24, 2.45) is 11.3 Å². The van der Waals surface area contributed by atoms with Crippen molar-refractivity contribution >= 4 is 5.69 Å². The summed E-state index contributed by atoms with van der Waals surface area (Å²) in [7, 11) is 0. The van der Waals surface area contributed by atoms with Crippen molar-refractivity contribution in [3.8, 4) is 11.3 Å². The Labute approximate surface area is 118 Å². The average Bonchev–Trinajstić information content (AvgIpc) is 2.84. The molecule has 0 saturated heterocycles. The topological polar surface area (TPSA) is 56.7 Å². The minimum atomic E-state index is -0.361. The molecule has 1 aromatic carbocycles. The molecule has 1 unspecified atom stereocenters. The third-order valence-corrected chi connectivity index (χ3v) is 3.56. The van der Waals surface area contributed by atoms with Gasteiger partial charge in [0.1, 0.15) is 5.69 Å². The zero-order valence-corrected chi connectivity index (χ0v) is 12.2. The molecule has 2 aromatic rings. The van der Waals surface area contributed by atoms with Gasteiger partial charge in [0.25, 0.3) is 0 Å². The summed E-state index contributed by atoms with van der Waals surface area (Å²) in [6, 6.07) is 7.46. The van der Waals surface area contributed by atoms with E-state index in [4.69, 9.17) is 5.73 Å². The zero-order valence-electron chi connectivity index (χ0n) is 12.2. The van der Waals surface area contributed by atoms with Gasteiger partial charge in [-0.25, -0.2) is 0 Å². The molecule has 108 valence electrons. The van der Waals surface area contributed by atoms with Gasteiger partial charge in [-0.1, -0.05) is 38.1 Å². The van der Waals surface area contributed by atoms with E-state index in [1.807, 2.05) is 51.2 Å². The molecule has 20 heavy (non-hydrogen) atoms. The van der Waals surface area contributed by atoms with Crippen molar-refractivity contribution in [3.05, 3.63) is 30.5 Å². The Balaban J connectivity index is 2.15. The van der Waals surface area contributed by atoms with E-state index in [0.717, 1.165) is 11.3 Å². The number of nitrogens with two attached hydrogens (primary N) is 1. The van der Waals surface area contributed by atoms with Crippen molar-refractivity contribution in [1.82, 2.24) is 15.0 Å². The second-order valence-corrected chi connectivity index (χ2v) is 6.17. The summed E-state index contributed by atoms with van der Waals surface area (Å²) in [5, 5.41) is 8.22. The van der Waals surface area contributed by atoms with Crippen LogP contribution in [0.2, 0.25) is 0 Å². The van der Waals surface area contributed by atoms with Crippen LogP contribution in [0.3, 0.4) is 0 Å². The number of aromatic nitrogens is 3. The van der Waals surface area contributed by atoms with Crippen LogP contribution < -0.4 is 5.73 Å². The van der Waals surface area contributed by atoms with Crippen LogP contribution in [0, 0.1) is 11.3 Å². The summed E-state index contributed by atoms with van der Waals surface area (Å²) in [6.45, 7) is 6.28. The second kappa shape index (κ2) is 5.61. The van der Waals surface area contributed by atoms with Gasteiger partial charge in [0.05, 0.1) is 12.9 Å². The summed E-state index contributed by atoms with van der Waals surface area (Å²) < 4.78 is 14.8. The highest BCUT2D eigenvalue weighted by molar-refractivity contribution is 5.60. The number of hydrogen-bond donors (Lipinski definition) is 1. The Morgan fingerprint density at radius 2 is 1.90 bits per heavy atom. The zero-order chi connectivity index (χ0) is 14.8. The fourth-order valence-electron chi connectivity index (χ4n) is 1.95. The van der Waals surface area contributed by atoms with Crippen molar-refractivity contribution in [2.45, 2.75) is 27.3 Å². The van der Waals surface area contributed by atoms with E-state index in [9.17, 15) is 4.39 Å². The molecule has 1 atom stereocenters. The Morgan fingerprint density at radius 1 is 1.25 bits per heavy atom. The summed E-state index contributed by atoms with van der Waals surface area (Å²) in [4.78, 5) is 0. The van der Waals surface area contributed by atoms with Gasteiger partial charge in [-0.05, 0) is 17.5 Å². The molecule has 0 fully saturated rings. The molecule has 0 aliphatic carbocycles. The fraction of sp³-hybridized carbons (Fsp3) is 0.467. The molecule has 0 radical (unpaired) electrons. The minimum Gasteiger partial charge on any atom is -0.399 e. The van der Waals surface area contributed by atoms with Crippen molar-refractivity contribution in [3.63, 3.8) is 0 Å². The first-order chi connectivity index (χ1) is 9.40. The maximum atomic E-state index is 13.1. The van der Waals surface area contributed by atoms with E-state index in [2.05, 4.69) is 10.3 Å². The Kier molecular flexibility index (Phi) is 4.06. The molecule has 4 nitrogen and oxygen atoms in total. The quantitative estimate of drug-likeness (QED) is 0.873. The van der Waals surface area contributed by atoms with Crippen LogP contribution in [0.25, 0.3) is 11.3 Å². The smallest absolute Gasteiger partial charge is 0.113 e. The van der Waals surface area contributed by atoms with Crippen LogP contribution in [0.15, 0.2) is 30.5 Å². The van der Waals surface area contributed by atoms with Crippen LogP contribution in [0.1, 0.15) is 20.8 Å². The van der Waals surface area contributed by atoms with Crippen LogP contribution in [0.5, 0.6) is 0 Å². The SMILES string of the molecule is CC(C)(C)C(CF)Cn1cc(-c2ccc(N)cc2)nn1. The predicted molar refractivity (Wildman–Crippen MR) is 78.8 cm³/mol. The highest BCUT2D eigenvalue weighted by Gasteiger charge is 2.25. The number of rotatable bonds is 4. The lowest BCUT2D eigenvalue weighted by molar-refractivity contribution is 0.162. The molecule has 0 bridgehead atoms. The van der Waals surface area contributed by atoms with Crippen LogP contribution in [-0.2, 0) is 6.54 Å². The molecule has 0 spiro atoms. The molecule has 0 aliphatic heterocycles. The van der Waals surface area contributed by atoms with Crippen LogP contribution in [0.4, 0.5) is 10.1 Å². The van der Waals surface area contributed by atoms with Gasteiger partial charge in [-0.2, -0.15) is 0 Å². The molecule has 2 rings (SSSR count). The first-order valence-corrected chi connectivity index (χ1v) is 6.72. The van der Waals surface area contributed by atoms with Gasteiger partial charge in [0.15, 0.2) is 0 Å². The maximum Gasteiger partial charge on any atom is 0.113 e. The van der Waals surface area contributed by atoms with E-state index in [0.29, 0.717) is 12.2 Å². The van der Waals surface area contributed by atoms with Crippen LogP contribution in [-0.4, -0.2) is 21.7 Å². The molecular formula is C15H21FN4. The van der Waals surface area contributed by atoms with E-state index in [1.54, 1.807) is 4.68 Å². The van der Waals surface area contributed by atoms with Gasteiger partial charge in [0, 0.05) is 23.7 Å². The number of anilines is 1. The van der Waals surface area contributed by atoms with Gasteiger partial charge < -0.3 is 5.73 Å². The third kappa shape index (κ3) is 3.35. The monoisotopic (exact) mass is 276 g/mol. The molecule has 1 heterocycles. The fourth-order valence-corrected chi connectivity index (χ4v) is 1.95. The number of alkyl halides is 1. The molecule has 0 saturated carbocycles. The Hall–Kier alpha value is -1.91. The number of benzene rings is 1. The molecular weight excluding hydrogens is 255 g/mol. The maximum absolute atomic E-state index is 13.1.